The molecule has 2 aromatic heterocycles. The number of hydrogen-bond acceptors (Lipinski definition) is 4. The van der Waals surface area contributed by atoms with Crippen molar-refractivity contribution in [2.24, 2.45) is 4.99 Å². The highest BCUT2D eigenvalue weighted by Gasteiger charge is 2.33. The highest BCUT2D eigenvalue weighted by molar-refractivity contribution is 7.09. The van der Waals surface area contributed by atoms with E-state index in [1.54, 1.807) is 0 Å². The van der Waals surface area contributed by atoms with Crippen LogP contribution in [0.5, 0.6) is 0 Å². The van der Waals surface area contributed by atoms with Gasteiger partial charge in [0, 0.05) is 25.0 Å². The molecule has 0 saturated carbocycles. The first-order valence-corrected chi connectivity index (χ1v) is 10.2. The molecule has 0 atom stereocenters. The molecule has 2 N–H and O–H groups in total. The molecule has 0 saturated heterocycles. The number of alkyl halides is 3. The summed E-state index contributed by atoms with van der Waals surface area (Å²) >= 11 is 0.962. The Morgan fingerprint density at radius 2 is 2.00 bits per heavy atom. The standard InChI is InChI=1S/C19H23F3N6S/c1-3-23-18(25-11-17-27-16(12-29-17)19(20,21)22)24-9-6-10-28-13(2)26-14-7-4-5-8-15(14)28/h4-5,7-8,12H,3,6,9-11H2,1-2H3,(H2,23,24,25). The highest BCUT2D eigenvalue weighted by Crippen LogP contribution is 2.30. The van der Waals surface area contributed by atoms with E-state index in [1.165, 1.54) is 0 Å². The molecule has 0 radical (unpaired) electrons. The number of hydrogen-bond donors (Lipinski definition) is 2. The molecule has 1 aromatic carbocycles. The molecule has 0 bridgehead atoms. The molecule has 3 rings (SSSR count). The SMILES string of the molecule is CCNC(=NCc1nc(C(F)(F)F)cs1)NCCCn1c(C)nc2ccccc21. The van der Waals surface area contributed by atoms with Gasteiger partial charge in [-0.05, 0) is 32.4 Å². The van der Waals surface area contributed by atoms with Crippen LogP contribution in [-0.2, 0) is 19.3 Å². The Labute approximate surface area is 170 Å². The number of para-hydroxylation sites is 2. The molecule has 3 aromatic rings. The first-order valence-electron chi connectivity index (χ1n) is 9.34. The molecule has 0 spiro atoms. The van der Waals surface area contributed by atoms with Crippen molar-refractivity contribution in [1.82, 2.24) is 25.2 Å². The summed E-state index contributed by atoms with van der Waals surface area (Å²) in [5, 5.41) is 7.66. The molecule has 0 aliphatic carbocycles. The van der Waals surface area contributed by atoms with Crippen molar-refractivity contribution in [3.63, 3.8) is 0 Å². The van der Waals surface area contributed by atoms with Crippen molar-refractivity contribution in [2.75, 3.05) is 13.1 Å². The Kier molecular flexibility index (Phi) is 6.73. The van der Waals surface area contributed by atoms with Crippen molar-refractivity contribution in [3.8, 4) is 0 Å². The minimum atomic E-state index is -4.42. The van der Waals surface area contributed by atoms with E-state index in [1.807, 2.05) is 32.0 Å². The van der Waals surface area contributed by atoms with Gasteiger partial charge in [0.2, 0.25) is 0 Å². The molecule has 10 heteroatoms. The summed E-state index contributed by atoms with van der Waals surface area (Å²) in [4.78, 5) is 12.5. The maximum Gasteiger partial charge on any atom is 0.434 e. The molecule has 6 nitrogen and oxygen atoms in total. The zero-order valence-electron chi connectivity index (χ0n) is 16.3. The molecule has 0 unspecified atom stereocenters. The maximum absolute atomic E-state index is 12.6. The van der Waals surface area contributed by atoms with Gasteiger partial charge >= 0.3 is 6.18 Å². The van der Waals surface area contributed by atoms with Crippen LogP contribution in [0.3, 0.4) is 0 Å². The summed E-state index contributed by atoms with van der Waals surface area (Å²) in [5.74, 6) is 1.53. The Bertz CT molecular complexity index is 976. The van der Waals surface area contributed by atoms with Crippen LogP contribution in [-0.4, -0.2) is 33.6 Å². The second-order valence-electron chi connectivity index (χ2n) is 6.40. The zero-order valence-corrected chi connectivity index (χ0v) is 17.1. The number of guanidine groups is 1. The molecule has 2 heterocycles. The van der Waals surface area contributed by atoms with Gasteiger partial charge in [-0.1, -0.05) is 12.1 Å². The lowest BCUT2D eigenvalue weighted by Gasteiger charge is -2.12. The zero-order chi connectivity index (χ0) is 20.9. The van der Waals surface area contributed by atoms with Gasteiger partial charge in [-0.15, -0.1) is 11.3 Å². The van der Waals surface area contributed by atoms with Crippen LogP contribution in [0.4, 0.5) is 13.2 Å². The van der Waals surface area contributed by atoms with Crippen LogP contribution in [0.15, 0.2) is 34.6 Å². The number of aryl methyl sites for hydroxylation is 2. The quantitative estimate of drug-likeness (QED) is 0.342. The summed E-state index contributed by atoms with van der Waals surface area (Å²) in [5.41, 5.74) is 1.22. The van der Waals surface area contributed by atoms with Gasteiger partial charge in [0.05, 0.1) is 17.6 Å². The molecule has 0 fully saturated rings. The number of halogens is 3. The van der Waals surface area contributed by atoms with Gasteiger partial charge in [0.25, 0.3) is 0 Å². The van der Waals surface area contributed by atoms with Crippen LogP contribution >= 0.6 is 11.3 Å². The van der Waals surface area contributed by atoms with Gasteiger partial charge in [-0.2, -0.15) is 13.2 Å². The number of fused-ring (bicyclic) bond motifs is 1. The second kappa shape index (κ2) is 9.25. The Balaban J connectivity index is 1.54. The highest BCUT2D eigenvalue weighted by atomic mass is 32.1. The van der Waals surface area contributed by atoms with Gasteiger partial charge < -0.3 is 15.2 Å². The third-order valence-corrected chi connectivity index (χ3v) is 5.09. The summed E-state index contributed by atoms with van der Waals surface area (Å²) < 4.78 is 40.1. The van der Waals surface area contributed by atoms with E-state index in [0.717, 1.165) is 46.5 Å². The number of aliphatic imine (C=N–C) groups is 1. The number of benzene rings is 1. The van der Waals surface area contributed by atoms with Crippen molar-refractivity contribution in [1.29, 1.82) is 0 Å². The third kappa shape index (κ3) is 5.47. The summed E-state index contributed by atoms with van der Waals surface area (Å²) in [7, 11) is 0. The van der Waals surface area contributed by atoms with E-state index in [2.05, 4.69) is 36.2 Å². The normalized spacial score (nSPS) is 12.5. The first-order chi connectivity index (χ1) is 13.9. The lowest BCUT2D eigenvalue weighted by Crippen LogP contribution is -2.38. The lowest BCUT2D eigenvalue weighted by molar-refractivity contribution is -0.140. The number of nitrogens with one attached hydrogen (secondary N) is 2. The van der Waals surface area contributed by atoms with Crippen molar-refractivity contribution in [3.05, 3.63) is 46.2 Å². The van der Waals surface area contributed by atoms with Crippen molar-refractivity contribution >= 4 is 28.3 Å². The monoisotopic (exact) mass is 424 g/mol. The van der Waals surface area contributed by atoms with E-state index >= 15 is 0 Å². The smallest absolute Gasteiger partial charge is 0.357 e. The predicted octanol–water partition coefficient (Wildman–Crippen LogP) is 3.97. The minimum Gasteiger partial charge on any atom is -0.357 e. The van der Waals surface area contributed by atoms with E-state index in [0.29, 0.717) is 24.1 Å². The molecular weight excluding hydrogens is 401 g/mol. The molecule has 0 amide bonds. The number of nitrogens with zero attached hydrogens (tertiary/aromatic N) is 4. The molecule has 29 heavy (non-hydrogen) atoms. The minimum absolute atomic E-state index is 0.0986. The number of aromatic nitrogens is 3. The molecular formula is C19H23F3N6S. The van der Waals surface area contributed by atoms with E-state index in [4.69, 9.17) is 0 Å². The Hall–Kier alpha value is -2.62. The van der Waals surface area contributed by atoms with Crippen LogP contribution in [0.2, 0.25) is 0 Å². The van der Waals surface area contributed by atoms with E-state index in [-0.39, 0.29) is 6.54 Å². The van der Waals surface area contributed by atoms with Gasteiger partial charge in [0.1, 0.15) is 10.8 Å². The number of rotatable bonds is 7. The summed E-state index contributed by atoms with van der Waals surface area (Å²) in [6.45, 7) is 6.15. The van der Waals surface area contributed by atoms with Crippen LogP contribution in [0, 0.1) is 6.92 Å². The predicted molar refractivity (Wildman–Crippen MR) is 109 cm³/mol. The Morgan fingerprint density at radius 3 is 2.72 bits per heavy atom. The first kappa shape index (κ1) is 21.1. The van der Waals surface area contributed by atoms with Gasteiger partial charge in [-0.3, -0.25) is 0 Å². The molecule has 0 aliphatic rings. The maximum atomic E-state index is 12.6. The fraction of sp³-hybridized carbons (Fsp3) is 0.421. The average Bonchev–Trinajstić information content (AvgIpc) is 3.27. The topological polar surface area (TPSA) is 67.1 Å². The molecule has 156 valence electrons. The van der Waals surface area contributed by atoms with E-state index < -0.39 is 11.9 Å². The fourth-order valence-corrected chi connectivity index (χ4v) is 3.65. The van der Waals surface area contributed by atoms with Gasteiger partial charge in [0.15, 0.2) is 11.7 Å². The third-order valence-electron chi connectivity index (χ3n) is 4.26. The van der Waals surface area contributed by atoms with Crippen molar-refractivity contribution < 1.29 is 13.2 Å². The van der Waals surface area contributed by atoms with Crippen molar-refractivity contribution in [2.45, 2.75) is 39.5 Å². The van der Waals surface area contributed by atoms with E-state index in [9.17, 15) is 13.2 Å². The average molecular weight is 424 g/mol. The lowest BCUT2D eigenvalue weighted by atomic mass is 10.3. The summed E-state index contributed by atoms with van der Waals surface area (Å²) in [6.07, 6.45) is -3.57. The second-order valence-corrected chi connectivity index (χ2v) is 7.34. The largest absolute Gasteiger partial charge is 0.434 e. The van der Waals surface area contributed by atoms with Crippen LogP contribution in [0.1, 0.15) is 29.9 Å². The van der Waals surface area contributed by atoms with Crippen LogP contribution in [0.25, 0.3) is 11.0 Å². The fourth-order valence-electron chi connectivity index (χ4n) is 2.92. The number of imidazole rings is 1. The van der Waals surface area contributed by atoms with Crippen LogP contribution < -0.4 is 10.6 Å². The van der Waals surface area contributed by atoms with Gasteiger partial charge in [-0.25, -0.2) is 15.0 Å². The number of thiazole rings is 1. The Morgan fingerprint density at radius 1 is 1.21 bits per heavy atom. The molecule has 0 aliphatic heterocycles. The summed E-state index contributed by atoms with van der Waals surface area (Å²) in [6, 6.07) is 8.02.